The third-order valence-corrected chi connectivity index (χ3v) is 7.92. The van der Waals surface area contributed by atoms with Gasteiger partial charge in [-0.25, -0.2) is 13.6 Å². The molecule has 4 aromatic rings. The van der Waals surface area contributed by atoms with Gasteiger partial charge in [0, 0.05) is 55.6 Å². The maximum atomic E-state index is 14.7. The number of methoxy groups -OCH3 is 1. The number of nitrogens with zero attached hydrogens (tertiary/aromatic N) is 4. The van der Waals surface area contributed by atoms with Gasteiger partial charge in [-0.05, 0) is 30.7 Å². The first kappa shape index (κ1) is 29.2. The van der Waals surface area contributed by atoms with Crippen LogP contribution in [0.2, 0.25) is 0 Å². The first-order chi connectivity index (χ1) is 20.3. The second-order valence-corrected chi connectivity index (χ2v) is 10.5. The van der Waals surface area contributed by atoms with E-state index in [9.17, 15) is 18.4 Å². The SMILES string of the molecule is COc1ccccc1CN1CCN(c2c(C)n(Cc3c(F)cccc3F)c(=O)n(C[C@@H](N)c3ccccc3)c2=O)CC1. The maximum absolute atomic E-state index is 14.7. The van der Waals surface area contributed by atoms with Gasteiger partial charge in [0.2, 0.25) is 0 Å². The second-order valence-electron chi connectivity index (χ2n) is 10.5. The Bertz CT molecular complexity index is 1640. The van der Waals surface area contributed by atoms with Gasteiger partial charge in [-0.1, -0.05) is 54.6 Å². The zero-order valence-electron chi connectivity index (χ0n) is 23.8. The number of hydrogen-bond donors (Lipinski definition) is 1. The molecular weight excluding hydrogens is 540 g/mol. The topological polar surface area (TPSA) is 85.7 Å². The monoisotopic (exact) mass is 575 g/mol. The molecule has 42 heavy (non-hydrogen) atoms. The van der Waals surface area contributed by atoms with Gasteiger partial charge in [0.05, 0.1) is 20.2 Å². The molecule has 1 atom stereocenters. The minimum Gasteiger partial charge on any atom is -0.496 e. The highest BCUT2D eigenvalue weighted by Gasteiger charge is 2.27. The highest BCUT2D eigenvalue weighted by molar-refractivity contribution is 5.50. The van der Waals surface area contributed by atoms with E-state index < -0.39 is 28.9 Å². The van der Waals surface area contributed by atoms with Gasteiger partial charge in [0.25, 0.3) is 5.56 Å². The van der Waals surface area contributed by atoms with E-state index >= 15 is 0 Å². The number of para-hydroxylation sites is 1. The Labute approximate surface area is 243 Å². The minimum atomic E-state index is -0.758. The highest BCUT2D eigenvalue weighted by Crippen LogP contribution is 2.23. The molecule has 1 aliphatic heterocycles. The summed E-state index contributed by atoms with van der Waals surface area (Å²) in [6.45, 7) is 4.30. The van der Waals surface area contributed by atoms with E-state index in [1.165, 1.54) is 10.6 Å². The van der Waals surface area contributed by atoms with Crippen LogP contribution >= 0.6 is 0 Å². The lowest BCUT2D eigenvalue weighted by Gasteiger charge is -2.37. The molecule has 220 valence electrons. The van der Waals surface area contributed by atoms with Crippen LogP contribution in [-0.4, -0.2) is 47.3 Å². The van der Waals surface area contributed by atoms with Crippen molar-refractivity contribution in [3.05, 3.63) is 128 Å². The third kappa shape index (κ3) is 6.00. The van der Waals surface area contributed by atoms with Gasteiger partial charge in [-0.2, -0.15) is 0 Å². The van der Waals surface area contributed by atoms with Crippen LogP contribution in [0.4, 0.5) is 14.5 Å². The molecule has 0 aliphatic carbocycles. The van der Waals surface area contributed by atoms with Gasteiger partial charge >= 0.3 is 5.69 Å². The van der Waals surface area contributed by atoms with Crippen LogP contribution in [0.25, 0.3) is 0 Å². The van der Waals surface area contributed by atoms with E-state index in [1.807, 2.05) is 59.5 Å². The van der Waals surface area contributed by atoms with Crippen molar-refractivity contribution in [1.82, 2.24) is 14.0 Å². The zero-order chi connectivity index (χ0) is 29.8. The summed E-state index contributed by atoms with van der Waals surface area (Å²) in [7, 11) is 1.65. The molecule has 2 N–H and O–H groups in total. The molecule has 0 spiro atoms. The fourth-order valence-electron chi connectivity index (χ4n) is 5.55. The molecule has 5 rings (SSSR count). The predicted molar refractivity (Wildman–Crippen MR) is 159 cm³/mol. The van der Waals surface area contributed by atoms with Crippen molar-refractivity contribution in [2.24, 2.45) is 5.73 Å². The van der Waals surface area contributed by atoms with Crippen molar-refractivity contribution in [2.45, 2.75) is 32.6 Å². The number of hydrogen-bond acceptors (Lipinski definition) is 6. The van der Waals surface area contributed by atoms with Gasteiger partial charge < -0.3 is 15.4 Å². The van der Waals surface area contributed by atoms with Gasteiger partial charge in [-0.15, -0.1) is 0 Å². The van der Waals surface area contributed by atoms with Gasteiger partial charge in [-0.3, -0.25) is 18.8 Å². The van der Waals surface area contributed by atoms with E-state index in [-0.39, 0.29) is 18.7 Å². The molecule has 1 saturated heterocycles. The van der Waals surface area contributed by atoms with Crippen molar-refractivity contribution < 1.29 is 13.5 Å². The molecule has 0 radical (unpaired) electrons. The van der Waals surface area contributed by atoms with Gasteiger partial charge in [0.15, 0.2) is 0 Å². The van der Waals surface area contributed by atoms with Crippen LogP contribution in [-0.2, 0) is 19.6 Å². The molecule has 0 unspecified atom stereocenters. The Morgan fingerprint density at radius 3 is 2.14 bits per heavy atom. The Kier molecular flexibility index (Phi) is 8.84. The number of anilines is 1. The summed E-state index contributed by atoms with van der Waals surface area (Å²) in [6.07, 6.45) is 0. The first-order valence-corrected chi connectivity index (χ1v) is 13.9. The fourth-order valence-corrected chi connectivity index (χ4v) is 5.55. The minimum absolute atomic E-state index is 0.0809. The Morgan fingerprint density at radius 1 is 0.833 bits per heavy atom. The van der Waals surface area contributed by atoms with E-state index in [1.54, 1.807) is 14.0 Å². The molecule has 10 heteroatoms. The number of rotatable bonds is 9. The fraction of sp³-hybridized carbons (Fsp3) is 0.312. The van der Waals surface area contributed by atoms with Crippen molar-refractivity contribution in [3.8, 4) is 5.75 Å². The number of aromatic nitrogens is 2. The van der Waals surface area contributed by atoms with E-state index in [4.69, 9.17) is 10.5 Å². The first-order valence-electron chi connectivity index (χ1n) is 13.9. The summed E-state index contributed by atoms with van der Waals surface area (Å²) >= 11 is 0. The molecule has 1 fully saturated rings. The summed E-state index contributed by atoms with van der Waals surface area (Å²) in [5, 5.41) is 0. The summed E-state index contributed by atoms with van der Waals surface area (Å²) in [5.41, 5.74) is 7.60. The largest absolute Gasteiger partial charge is 0.496 e. The van der Waals surface area contributed by atoms with Crippen LogP contribution in [0, 0.1) is 18.6 Å². The Hall–Kier alpha value is -4.28. The van der Waals surface area contributed by atoms with E-state index in [0.29, 0.717) is 44.1 Å². The second kappa shape index (κ2) is 12.7. The molecule has 0 saturated carbocycles. The normalized spacial score (nSPS) is 14.6. The standard InChI is InChI=1S/C32H35F2N5O3/c1-22-30(37-17-15-36(16-18-37)19-24-11-6-7-14-29(24)42-2)31(40)39(21-28(35)23-9-4-3-5-10-23)32(41)38(22)20-25-26(33)12-8-13-27(25)34/h3-14,28H,15-21,35H2,1-2H3/t28-/m1/s1. The third-order valence-electron chi connectivity index (χ3n) is 7.92. The van der Waals surface area contributed by atoms with Crippen LogP contribution in [0.1, 0.15) is 28.4 Å². The number of halogens is 2. The molecule has 3 aromatic carbocycles. The van der Waals surface area contributed by atoms with Crippen LogP contribution in [0.5, 0.6) is 5.75 Å². The van der Waals surface area contributed by atoms with Gasteiger partial charge in [0.1, 0.15) is 23.1 Å². The summed E-state index contributed by atoms with van der Waals surface area (Å²) in [5.74, 6) is -0.695. The molecule has 1 aromatic heterocycles. The predicted octanol–water partition coefficient (Wildman–Crippen LogP) is 3.68. The quantitative estimate of drug-likeness (QED) is 0.328. The lowest BCUT2D eigenvalue weighted by atomic mass is 10.1. The van der Waals surface area contributed by atoms with Crippen LogP contribution in [0.3, 0.4) is 0 Å². The molecule has 0 amide bonds. The maximum Gasteiger partial charge on any atom is 0.331 e. The lowest BCUT2D eigenvalue weighted by Crippen LogP contribution is -2.51. The Morgan fingerprint density at radius 2 is 1.48 bits per heavy atom. The molecule has 1 aliphatic rings. The van der Waals surface area contributed by atoms with Crippen molar-refractivity contribution in [3.63, 3.8) is 0 Å². The number of ether oxygens (including phenoxy) is 1. The molecular formula is C32H35F2N5O3. The average molecular weight is 576 g/mol. The molecule has 0 bridgehead atoms. The summed E-state index contributed by atoms with van der Waals surface area (Å²) in [6, 6.07) is 20.0. The molecule has 2 heterocycles. The lowest BCUT2D eigenvalue weighted by molar-refractivity contribution is 0.245. The van der Waals surface area contributed by atoms with E-state index in [2.05, 4.69) is 4.90 Å². The summed E-state index contributed by atoms with van der Waals surface area (Å²) in [4.78, 5) is 31.9. The smallest absolute Gasteiger partial charge is 0.331 e. The number of benzene rings is 3. The number of piperazine rings is 1. The van der Waals surface area contributed by atoms with Crippen LogP contribution < -0.4 is 26.6 Å². The van der Waals surface area contributed by atoms with Crippen LogP contribution in [0.15, 0.2) is 82.4 Å². The zero-order valence-corrected chi connectivity index (χ0v) is 23.8. The van der Waals surface area contributed by atoms with Crippen molar-refractivity contribution in [1.29, 1.82) is 0 Å². The van der Waals surface area contributed by atoms with E-state index in [0.717, 1.165) is 33.6 Å². The molecule has 8 nitrogen and oxygen atoms in total. The Balaban J connectivity index is 1.49. The van der Waals surface area contributed by atoms with Crippen molar-refractivity contribution in [2.75, 3.05) is 38.2 Å². The average Bonchev–Trinajstić information content (AvgIpc) is 3.00. The van der Waals surface area contributed by atoms with Crippen molar-refractivity contribution >= 4 is 5.69 Å². The highest BCUT2D eigenvalue weighted by atomic mass is 19.1. The summed E-state index contributed by atoms with van der Waals surface area (Å²) < 4.78 is 37.2. The number of nitrogens with two attached hydrogens (primary N) is 1.